The molecule has 1 aromatic heterocycles. The lowest BCUT2D eigenvalue weighted by atomic mass is 10.1. The third kappa shape index (κ3) is 4.54. The smallest absolute Gasteiger partial charge is 0.322 e. The van der Waals surface area contributed by atoms with Crippen molar-refractivity contribution in [2.45, 2.75) is 25.9 Å². The predicted molar refractivity (Wildman–Crippen MR) is 99.0 cm³/mol. The SMILES string of the molecule is COc1ccc(Cl)cc1NC(=O)N1CCCC(Oc2ccnc(C)n2)C1. The summed E-state index contributed by atoms with van der Waals surface area (Å²) in [5.41, 5.74) is 0.541. The quantitative estimate of drug-likeness (QED) is 0.883. The number of carbonyl (C=O) groups is 1. The molecule has 138 valence electrons. The third-order valence-electron chi connectivity index (χ3n) is 4.11. The van der Waals surface area contributed by atoms with E-state index in [9.17, 15) is 4.79 Å². The minimum atomic E-state index is -0.210. The summed E-state index contributed by atoms with van der Waals surface area (Å²) in [7, 11) is 1.55. The highest BCUT2D eigenvalue weighted by Crippen LogP contribution is 2.28. The lowest BCUT2D eigenvalue weighted by Crippen LogP contribution is -2.46. The van der Waals surface area contributed by atoms with E-state index in [0.717, 1.165) is 12.8 Å². The van der Waals surface area contributed by atoms with Gasteiger partial charge in [-0.1, -0.05) is 11.6 Å². The summed E-state index contributed by atoms with van der Waals surface area (Å²) in [5.74, 6) is 1.74. The van der Waals surface area contributed by atoms with Crippen molar-refractivity contribution in [1.29, 1.82) is 0 Å². The Labute approximate surface area is 157 Å². The zero-order valence-corrected chi connectivity index (χ0v) is 15.5. The van der Waals surface area contributed by atoms with Crippen LogP contribution >= 0.6 is 11.6 Å². The molecule has 0 radical (unpaired) electrons. The number of nitrogens with zero attached hydrogens (tertiary/aromatic N) is 3. The van der Waals surface area contributed by atoms with E-state index in [0.29, 0.717) is 41.3 Å². The Kier molecular flexibility index (Phi) is 5.78. The molecule has 0 saturated carbocycles. The third-order valence-corrected chi connectivity index (χ3v) is 4.34. The van der Waals surface area contributed by atoms with Crippen molar-refractivity contribution in [2.24, 2.45) is 0 Å². The van der Waals surface area contributed by atoms with Crippen LogP contribution < -0.4 is 14.8 Å². The maximum absolute atomic E-state index is 12.6. The van der Waals surface area contributed by atoms with Gasteiger partial charge >= 0.3 is 6.03 Å². The van der Waals surface area contributed by atoms with E-state index < -0.39 is 0 Å². The Hall–Kier alpha value is -2.54. The molecule has 0 spiro atoms. The fourth-order valence-electron chi connectivity index (χ4n) is 2.86. The number of hydrogen-bond donors (Lipinski definition) is 1. The molecule has 2 aromatic rings. The number of methoxy groups -OCH3 is 1. The summed E-state index contributed by atoms with van der Waals surface area (Å²) < 4.78 is 11.2. The second-order valence-electron chi connectivity index (χ2n) is 6.04. The number of aryl methyl sites for hydroxylation is 1. The highest BCUT2D eigenvalue weighted by Gasteiger charge is 2.26. The molecule has 1 saturated heterocycles. The number of aromatic nitrogens is 2. The van der Waals surface area contributed by atoms with Gasteiger partial charge in [0.05, 0.1) is 19.3 Å². The van der Waals surface area contributed by atoms with Crippen molar-refractivity contribution in [1.82, 2.24) is 14.9 Å². The predicted octanol–water partition coefficient (Wildman–Crippen LogP) is 3.52. The normalized spacial score (nSPS) is 16.9. The van der Waals surface area contributed by atoms with Crippen molar-refractivity contribution >= 4 is 23.3 Å². The molecule has 2 heterocycles. The highest BCUT2D eigenvalue weighted by molar-refractivity contribution is 6.31. The van der Waals surface area contributed by atoms with Crippen LogP contribution in [0.4, 0.5) is 10.5 Å². The summed E-state index contributed by atoms with van der Waals surface area (Å²) in [6.07, 6.45) is 3.28. The Morgan fingerprint density at radius 2 is 2.23 bits per heavy atom. The van der Waals surface area contributed by atoms with Crippen LogP contribution in [0.25, 0.3) is 0 Å². The number of carbonyl (C=O) groups excluding carboxylic acids is 1. The molecule has 26 heavy (non-hydrogen) atoms. The molecule has 3 rings (SSSR count). The van der Waals surface area contributed by atoms with Gasteiger partial charge in [0.25, 0.3) is 0 Å². The fraction of sp³-hybridized carbons (Fsp3) is 0.389. The summed E-state index contributed by atoms with van der Waals surface area (Å²) >= 11 is 6.02. The molecule has 1 N–H and O–H groups in total. The summed E-state index contributed by atoms with van der Waals surface area (Å²) in [5, 5.41) is 3.39. The first-order valence-electron chi connectivity index (χ1n) is 8.41. The largest absolute Gasteiger partial charge is 0.495 e. The molecule has 1 fully saturated rings. The molecular formula is C18H21ClN4O3. The Morgan fingerprint density at radius 3 is 3.00 bits per heavy atom. The maximum atomic E-state index is 12.6. The second kappa shape index (κ2) is 8.23. The Bertz CT molecular complexity index is 787. The minimum absolute atomic E-state index is 0.106. The second-order valence-corrected chi connectivity index (χ2v) is 6.48. The van der Waals surface area contributed by atoms with Gasteiger partial charge in [0.1, 0.15) is 17.7 Å². The topological polar surface area (TPSA) is 76.6 Å². The van der Waals surface area contributed by atoms with Gasteiger partial charge < -0.3 is 19.7 Å². The minimum Gasteiger partial charge on any atom is -0.495 e. The number of rotatable bonds is 4. The molecule has 0 aliphatic carbocycles. The number of amides is 2. The summed E-state index contributed by atoms with van der Waals surface area (Å²) in [6.45, 7) is 2.96. The average Bonchev–Trinajstić information content (AvgIpc) is 2.62. The highest BCUT2D eigenvalue weighted by atomic mass is 35.5. The maximum Gasteiger partial charge on any atom is 0.322 e. The van der Waals surface area contributed by atoms with Crippen LogP contribution in [-0.4, -0.2) is 47.2 Å². The van der Waals surface area contributed by atoms with Gasteiger partial charge in [-0.05, 0) is 38.0 Å². The van der Waals surface area contributed by atoms with Gasteiger partial charge in [0.15, 0.2) is 0 Å². The molecule has 1 atom stereocenters. The molecule has 8 heteroatoms. The standard InChI is InChI=1S/C18H21ClN4O3/c1-12-20-8-7-17(21-12)26-14-4-3-9-23(11-14)18(24)22-15-10-13(19)5-6-16(15)25-2/h5-8,10,14H,3-4,9,11H2,1-2H3,(H,22,24). The van der Waals surface area contributed by atoms with Crippen LogP contribution in [-0.2, 0) is 0 Å². The first-order chi connectivity index (χ1) is 12.5. The fourth-order valence-corrected chi connectivity index (χ4v) is 3.03. The van der Waals surface area contributed by atoms with Crippen molar-refractivity contribution in [2.75, 3.05) is 25.5 Å². The first-order valence-corrected chi connectivity index (χ1v) is 8.78. The molecule has 2 amide bonds. The number of hydrogen-bond acceptors (Lipinski definition) is 5. The van der Waals surface area contributed by atoms with Crippen LogP contribution in [0.15, 0.2) is 30.5 Å². The van der Waals surface area contributed by atoms with E-state index in [1.54, 1.807) is 42.5 Å². The van der Waals surface area contributed by atoms with Crippen LogP contribution in [0.2, 0.25) is 5.02 Å². The lowest BCUT2D eigenvalue weighted by Gasteiger charge is -2.32. The Morgan fingerprint density at radius 1 is 1.38 bits per heavy atom. The van der Waals surface area contributed by atoms with Gasteiger partial charge in [-0.25, -0.2) is 9.78 Å². The number of likely N-dealkylation sites (tertiary alicyclic amines) is 1. The molecule has 1 aliphatic heterocycles. The van der Waals surface area contributed by atoms with Crippen molar-refractivity contribution in [3.05, 3.63) is 41.3 Å². The number of nitrogens with one attached hydrogen (secondary N) is 1. The van der Waals surface area contributed by atoms with E-state index in [-0.39, 0.29) is 12.1 Å². The molecule has 1 unspecified atom stereocenters. The number of urea groups is 1. The van der Waals surface area contributed by atoms with Crippen molar-refractivity contribution in [3.8, 4) is 11.6 Å². The van der Waals surface area contributed by atoms with E-state index in [4.69, 9.17) is 21.1 Å². The number of piperidine rings is 1. The van der Waals surface area contributed by atoms with Crippen LogP contribution in [0.5, 0.6) is 11.6 Å². The van der Waals surface area contributed by atoms with Crippen LogP contribution in [0.3, 0.4) is 0 Å². The average molecular weight is 377 g/mol. The molecular weight excluding hydrogens is 356 g/mol. The van der Waals surface area contributed by atoms with E-state index in [1.165, 1.54) is 0 Å². The summed E-state index contributed by atoms with van der Waals surface area (Å²) in [4.78, 5) is 22.7. The number of anilines is 1. The van der Waals surface area contributed by atoms with Gasteiger partial charge in [-0.3, -0.25) is 0 Å². The molecule has 1 aliphatic rings. The zero-order valence-electron chi connectivity index (χ0n) is 14.7. The Balaban J connectivity index is 1.64. The number of halogens is 1. The summed E-state index contributed by atoms with van der Waals surface area (Å²) in [6, 6.07) is 6.61. The van der Waals surface area contributed by atoms with E-state index in [1.807, 2.05) is 6.92 Å². The number of benzene rings is 1. The molecule has 1 aromatic carbocycles. The lowest BCUT2D eigenvalue weighted by molar-refractivity contribution is 0.102. The van der Waals surface area contributed by atoms with Gasteiger partial charge in [-0.15, -0.1) is 0 Å². The number of ether oxygens (including phenoxy) is 2. The van der Waals surface area contributed by atoms with E-state index >= 15 is 0 Å². The van der Waals surface area contributed by atoms with Crippen LogP contribution in [0.1, 0.15) is 18.7 Å². The monoisotopic (exact) mass is 376 g/mol. The van der Waals surface area contributed by atoms with Gasteiger partial charge in [-0.2, -0.15) is 4.98 Å². The molecule has 7 nitrogen and oxygen atoms in total. The van der Waals surface area contributed by atoms with Gasteiger partial charge in [0.2, 0.25) is 5.88 Å². The van der Waals surface area contributed by atoms with Gasteiger partial charge in [0, 0.05) is 23.8 Å². The van der Waals surface area contributed by atoms with Crippen LogP contribution in [0, 0.1) is 6.92 Å². The molecule has 0 bridgehead atoms. The van der Waals surface area contributed by atoms with Crippen molar-refractivity contribution in [3.63, 3.8) is 0 Å². The first kappa shape index (κ1) is 18.3. The zero-order chi connectivity index (χ0) is 18.5. The van der Waals surface area contributed by atoms with E-state index in [2.05, 4.69) is 15.3 Å². The van der Waals surface area contributed by atoms with Crippen molar-refractivity contribution < 1.29 is 14.3 Å².